The van der Waals surface area contributed by atoms with E-state index in [1.165, 1.54) is 0 Å². The number of halogens is 3. The molecule has 0 aromatic carbocycles. The summed E-state index contributed by atoms with van der Waals surface area (Å²) in [5, 5.41) is 0. The van der Waals surface area contributed by atoms with Crippen LogP contribution < -0.4 is 0 Å². The molecule has 0 rings (SSSR count). The minimum absolute atomic E-state index is 1.90. The zero-order valence-electron chi connectivity index (χ0n) is 3.20. The van der Waals surface area contributed by atoms with Crippen LogP contribution in [0.2, 0.25) is 0 Å². The van der Waals surface area contributed by atoms with Crippen molar-refractivity contribution in [1.82, 2.24) is 0 Å². The van der Waals surface area contributed by atoms with E-state index < -0.39 is 9.51 Å². The van der Waals surface area contributed by atoms with Gasteiger partial charge in [-0.1, -0.05) is 0 Å². The molecule has 0 saturated carbocycles. The maximum atomic E-state index is 9.67. The Kier molecular flexibility index (Phi) is 12.1. The van der Waals surface area contributed by atoms with E-state index in [1.54, 1.807) is 0 Å². The predicted molar refractivity (Wildman–Crippen MR) is 16.0 cm³/mol. The Morgan fingerprint density at radius 1 is 1.25 bits per heavy atom. The molecule has 0 aromatic heterocycles. The van der Waals surface area contributed by atoms with Gasteiger partial charge in [0, 0.05) is 0 Å². The molecule has 0 aliphatic heterocycles. The zero-order chi connectivity index (χ0) is 7.15. The third-order valence-electron chi connectivity index (χ3n) is 0. The molecule has 0 N–H and O–H groups in total. The van der Waals surface area contributed by atoms with Gasteiger partial charge in [0.1, 0.15) is 0 Å². The number of hydrogen-bond acceptors (Lipinski definition) is 2. The Balaban J connectivity index is 0. The van der Waals surface area contributed by atoms with Gasteiger partial charge in [-0.05, 0) is 0 Å². The SMILES string of the molecule is FC(F)F.O=[S](=O)=[Yb]. The Morgan fingerprint density at radius 2 is 1.25 bits per heavy atom. The summed E-state index contributed by atoms with van der Waals surface area (Å²) in [6.45, 7) is -3.67. The van der Waals surface area contributed by atoms with Crippen molar-refractivity contribution in [3.63, 3.8) is 0 Å². The summed E-state index contributed by atoms with van der Waals surface area (Å²) in [5.41, 5.74) is 0. The van der Waals surface area contributed by atoms with Crippen LogP contribution in [0.4, 0.5) is 13.2 Å². The summed E-state index contributed by atoms with van der Waals surface area (Å²) in [6, 6.07) is 0. The standard InChI is InChI=1S/CHF3.O2S.Yb/c2-1(3)4;1-3-2;/h1H;;. The van der Waals surface area contributed by atoms with E-state index in [-0.39, 0.29) is 0 Å². The molecule has 2 nitrogen and oxygen atoms in total. The summed E-state index contributed by atoms with van der Waals surface area (Å²) >= 11 is 1.90. The van der Waals surface area contributed by atoms with Gasteiger partial charge in [0.05, 0.1) is 0 Å². The van der Waals surface area contributed by atoms with Crippen molar-refractivity contribution in [2.45, 2.75) is 6.68 Å². The van der Waals surface area contributed by atoms with Gasteiger partial charge in [-0.3, -0.25) is 0 Å². The van der Waals surface area contributed by atoms with Gasteiger partial charge in [-0.25, -0.2) is 0 Å². The summed E-state index contributed by atoms with van der Waals surface area (Å²) in [7, 11) is 0. The van der Waals surface area contributed by atoms with Crippen LogP contribution in [0, 0.1) is 41.9 Å². The van der Waals surface area contributed by atoms with E-state index in [2.05, 4.69) is 0 Å². The van der Waals surface area contributed by atoms with Gasteiger partial charge in [0.2, 0.25) is 0 Å². The van der Waals surface area contributed by atoms with E-state index in [0.717, 1.165) is 0 Å². The van der Waals surface area contributed by atoms with Crippen LogP contribution in [0.5, 0.6) is 0 Å². The van der Waals surface area contributed by atoms with Gasteiger partial charge >= 0.3 is 59.8 Å². The molecule has 7 heteroatoms. The molecule has 0 spiro atoms. The van der Waals surface area contributed by atoms with E-state index >= 15 is 0 Å². The first-order valence-electron chi connectivity index (χ1n) is 1.10. The monoisotopic (exact) mass is 308 g/mol. The molecule has 0 aliphatic carbocycles. The number of rotatable bonds is 0. The molecule has 0 heterocycles. The van der Waals surface area contributed by atoms with Gasteiger partial charge in [-0.15, -0.1) is 0 Å². The maximum absolute atomic E-state index is 9.67. The second-order valence-corrected chi connectivity index (χ2v) is 2.43. The average Bonchev–Trinajstić information content (AvgIpc) is 1.25. The fraction of sp³-hybridized carbons (Fsp3) is 1.00. The molecule has 58 valence electrons. The Hall–Kier alpha value is 1.13. The summed E-state index contributed by atoms with van der Waals surface area (Å²) in [5.74, 6) is 0. The van der Waals surface area contributed by atoms with Crippen LogP contribution >= 0.6 is 0 Å². The van der Waals surface area contributed by atoms with Crippen molar-refractivity contribution < 1.29 is 63.5 Å². The molecule has 0 radical (unpaired) electrons. The fourth-order valence-electron chi connectivity index (χ4n) is 0. The molecule has 0 atom stereocenters. The van der Waals surface area contributed by atoms with Gasteiger partial charge in [0.25, 0.3) is 0 Å². The van der Waals surface area contributed by atoms with Crippen LogP contribution in [0.3, 0.4) is 0 Å². The van der Waals surface area contributed by atoms with Crippen molar-refractivity contribution in [3.8, 4) is 0 Å². The first kappa shape index (κ1) is 11.9. The molecule has 8 heavy (non-hydrogen) atoms. The van der Waals surface area contributed by atoms with Crippen molar-refractivity contribution in [2.75, 3.05) is 0 Å². The molecule has 0 aromatic rings. The summed E-state index contributed by atoms with van der Waals surface area (Å²) < 4.78 is 44.9. The molecule has 0 unspecified atom stereocenters. The molecule has 0 fully saturated rings. The van der Waals surface area contributed by atoms with Gasteiger partial charge < -0.3 is 0 Å². The third-order valence-corrected chi connectivity index (χ3v) is 0. The van der Waals surface area contributed by atoms with Crippen LogP contribution in [-0.2, 0) is 2.83 Å². The Labute approximate surface area is 71.9 Å². The van der Waals surface area contributed by atoms with Crippen LogP contribution in [0.25, 0.3) is 0 Å². The zero-order valence-corrected chi connectivity index (χ0v) is 5.73. The second kappa shape index (κ2) is 8.13. The first-order valence-corrected chi connectivity index (χ1v) is 4.08. The van der Waals surface area contributed by atoms with Crippen molar-refractivity contribution >= 4 is 2.83 Å². The van der Waals surface area contributed by atoms with Crippen molar-refractivity contribution in [3.05, 3.63) is 0 Å². The minimum atomic E-state index is -3.67. The first-order chi connectivity index (χ1) is 3.46. The van der Waals surface area contributed by atoms with Crippen LogP contribution in [-0.4, -0.2) is 15.1 Å². The number of hydrogen-bond donors (Lipinski definition) is 0. The topological polar surface area (TPSA) is 34.1 Å². The molecular formula is CHF3O2SYb. The Bertz CT molecular complexity index is 115. The van der Waals surface area contributed by atoms with E-state index in [4.69, 9.17) is 8.42 Å². The van der Waals surface area contributed by atoms with E-state index in [1.807, 2.05) is 41.9 Å². The normalized spacial score (nSPS) is 7.75. The summed E-state index contributed by atoms with van der Waals surface area (Å²) in [6.07, 6.45) is 0. The average molecular weight is 307 g/mol. The van der Waals surface area contributed by atoms with Crippen LogP contribution in [0.1, 0.15) is 0 Å². The summed E-state index contributed by atoms with van der Waals surface area (Å²) in [4.78, 5) is 0. The van der Waals surface area contributed by atoms with E-state index in [9.17, 15) is 13.2 Å². The molecule has 0 amide bonds. The molecular weight excluding hydrogens is 306 g/mol. The molecule has 0 saturated heterocycles. The second-order valence-electron chi connectivity index (χ2n) is 0.405. The van der Waals surface area contributed by atoms with Crippen molar-refractivity contribution in [1.29, 1.82) is 0 Å². The van der Waals surface area contributed by atoms with Crippen molar-refractivity contribution in [2.24, 2.45) is 0 Å². The molecule has 0 bridgehead atoms. The van der Waals surface area contributed by atoms with Gasteiger partial charge in [0.15, 0.2) is 0 Å². The van der Waals surface area contributed by atoms with E-state index in [0.29, 0.717) is 0 Å². The fourth-order valence-corrected chi connectivity index (χ4v) is 0. The van der Waals surface area contributed by atoms with Crippen LogP contribution in [0.15, 0.2) is 0 Å². The Morgan fingerprint density at radius 3 is 1.25 bits per heavy atom. The number of alkyl halides is 3. The quantitative estimate of drug-likeness (QED) is 0.653. The van der Waals surface area contributed by atoms with Gasteiger partial charge in [-0.2, -0.15) is 13.2 Å². The predicted octanol–water partition coefficient (Wildman–Crippen LogP) is 0.508. The third kappa shape index (κ3) is 210. The molecule has 0 aliphatic rings.